The molecule has 0 saturated carbocycles. The highest BCUT2D eigenvalue weighted by molar-refractivity contribution is 5.14. The van der Waals surface area contributed by atoms with Gasteiger partial charge in [-0.05, 0) is 7.05 Å². The summed E-state index contributed by atoms with van der Waals surface area (Å²) in [5.41, 5.74) is 0. The molecular formula is C6H13N2+. The minimum Gasteiger partial charge on any atom is -0.294 e. The van der Waals surface area contributed by atoms with Crippen molar-refractivity contribution in [2.75, 3.05) is 33.2 Å². The van der Waals surface area contributed by atoms with Gasteiger partial charge in [0.1, 0.15) is 6.72 Å². The van der Waals surface area contributed by atoms with Gasteiger partial charge in [0.05, 0.1) is 13.1 Å². The van der Waals surface area contributed by atoms with Gasteiger partial charge in [0, 0.05) is 0 Å². The van der Waals surface area contributed by atoms with Crippen molar-refractivity contribution in [2.45, 2.75) is 0 Å². The van der Waals surface area contributed by atoms with Gasteiger partial charge in [0.25, 0.3) is 0 Å². The fourth-order valence-electron chi connectivity index (χ4n) is 0.848. The Labute approximate surface area is 50.4 Å². The second-order valence-corrected chi connectivity index (χ2v) is 2.42. The normalized spacial score (nSPS) is 23.9. The van der Waals surface area contributed by atoms with E-state index < -0.39 is 0 Å². The zero-order valence-corrected chi connectivity index (χ0v) is 5.43. The first-order valence-electron chi connectivity index (χ1n) is 3.03. The standard InChI is InChI=1S/C6H13N2/c1-7-3-5-8(2)6-4-7/h1,3-6H2,2H3/q+1/i1+1,3+1,5+1. The average Bonchev–Trinajstić information content (AvgIpc) is 1.77. The topological polar surface area (TPSA) is 6.25 Å². The summed E-state index contributed by atoms with van der Waals surface area (Å²) in [5, 5.41) is 0. The van der Waals surface area contributed by atoms with Gasteiger partial charge < -0.3 is 0 Å². The number of rotatable bonds is 0. The van der Waals surface area contributed by atoms with E-state index in [1.165, 1.54) is 13.1 Å². The number of piperazine rings is 1. The van der Waals surface area contributed by atoms with Gasteiger partial charge in [-0.3, -0.25) is 4.90 Å². The largest absolute Gasteiger partial charge is 0.294 e. The maximum absolute atomic E-state index is 3.84. The van der Waals surface area contributed by atoms with Crippen LogP contribution in [0.2, 0.25) is 0 Å². The van der Waals surface area contributed by atoms with E-state index in [0.29, 0.717) is 0 Å². The summed E-state index contributed by atoms with van der Waals surface area (Å²) in [6, 6.07) is 0. The first kappa shape index (κ1) is 5.76. The highest BCUT2D eigenvalue weighted by Crippen LogP contribution is 1.89. The summed E-state index contributed by atoms with van der Waals surface area (Å²) in [4.78, 5) is 2.32. The number of hydrogen-bond donors (Lipinski definition) is 0. The molecule has 1 heterocycles. The van der Waals surface area contributed by atoms with E-state index in [2.05, 4.69) is 23.2 Å². The van der Waals surface area contributed by atoms with Crippen molar-refractivity contribution in [3.8, 4) is 0 Å². The maximum Gasteiger partial charge on any atom is 0.154 e. The molecule has 0 unspecified atom stereocenters. The van der Waals surface area contributed by atoms with Crippen LogP contribution in [-0.2, 0) is 0 Å². The lowest BCUT2D eigenvalue weighted by Crippen LogP contribution is -2.38. The highest BCUT2D eigenvalue weighted by atomic mass is 15.4. The summed E-state index contributed by atoms with van der Waals surface area (Å²) in [7, 11) is 2.15. The number of nitrogens with zero attached hydrogens (tertiary/aromatic N) is 2. The molecule has 8 heavy (non-hydrogen) atoms. The van der Waals surface area contributed by atoms with Crippen molar-refractivity contribution in [3.63, 3.8) is 0 Å². The lowest BCUT2D eigenvalue weighted by molar-refractivity contribution is -0.530. The van der Waals surface area contributed by atoms with Gasteiger partial charge in [-0.15, -0.1) is 0 Å². The molecule has 0 aromatic carbocycles. The molecule has 1 rings (SSSR count). The van der Waals surface area contributed by atoms with E-state index in [1.54, 1.807) is 0 Å². The zero-order valence-electron chi connectivity index (χ0n) is 5.43. The summed E-state index contributed by atoms with van der Waals surface area (Å²) in [6.45, 7) is 8.42. The van der Waals surface area contributed by atoms with Crippen molar-refractivity contribution in [1.82, 2.24) is 4.90 Å². The monoisotopic (exact) mass is 116 g/mol. The van der Waals surface area contributed by atoms with Crippen LogP contribution in [0.5, 0.6) is 0 Å². The Morgan fingerprint density at radius 3 is 2.25 bits per heavy atom. The molecule has 1 fully saturated rings. The lowest BCUT2D eigenvalue weighted by atomic mass is 10.6. The van der Waals surface area contributed by atoms with Crippen LogP contribution in [0.25, 0.3) is 0 Å². The van der Waals surface area contributed by atoms with Crippen LogP contribution in [0.1, 0.15) is 0 Å². The summed E-state index contributed by atoms with van der Waals surface area (Å²) in [5.74, 6) is 0. The number of hydrogen-bond acceptors (Lipinski definition) is 1. The van der Waals surface area contributed by atoms with Crippen molar-refractivity contribution in [2.24, 2.45) is 0 Å². The summed E-state index contributed by atoms with van der Waals surface area (Å²) >= 11 is 0. The van der Waals surface area contributed by atoms with Crippen LogP contribution >= 0.6 is 0 Å². The van der Waals surface area contributed by atoms with Crippen LogP contribution in [0.4, 0.5) is 0 Å². The first-order chi connectivity index (χ1) is 3.79. The van der Waals surface area contributed by atoms with Gasteiger partial charge in [-0.1, -0.05) is 0 Å². The van der Waals surface area contributed by atoms with Gasteiger partial charge >= 0.3 is 0 Å². The Morgan fingerprint density at radius 1 is 1.38 bits per heavy atom. The molecule has 0 aromatic rings. The van der Waals surface area contributed by atoms with Crippen LogP contribution in [0, 0.1) is 0 Å². The quantitative estimate of drug-likeness (QED) is 0.309. The SMILES string of the molecule is CN1CC[N+](=[13CH2])[13CH2][13CH2]1. The Bertz CT molecular complexity index is 88.7. The predicted octanol–water partition coefficient (Wildman–Crippen LogP) is -0.355. The first-order valence-corrected chi connectivity index (χ1v) is 3.03. The van der Waals surface area contributed by atoms with Gasteiger partial charge in [0.15, 0.2) is 13.1 Å². The van der Waals surface area contributed by atoms with Crippen LogP contribution < -0.4 is 0 Å². The van der Waals surface area contributed by atoms with E-state index >= 15 is 0 Å². The molecule has 0 bridgehead atoms. The molecule has 0 spiro atoms. The van der Waals surface area contributed by atoms with E-state index in [-0.39, 0.29) is 0 Å². The lowest BCUT2D eigenvalue weighted by Gasteiger charge is -2.18. The van der Waals surface area contributed by atoms with E-state index in [9.17, 15) is 0 Å². The fourth-order valence-corrected chi connectivity index (χ4v) is 0.848. The van der Waals surface area contributed by atoms with Gasteiger partial charge in [-0.25, -0.2) is 4.58 Å². The summed E-state index contributed by atoms with van der Waals surface area (Å²) in [6.07, 6.45) is 0. The predicted molar refractivity (Wildman–Crippen MR) is 34.6 cm³/mol. The molecule has 1 aliphatic rings. The Hall–Kier alpha value is -0.370. The Kier molecular flexibility index (Phi) is 1.63. The average molecular weight is 116 g/mol. The molecule has 0 amide bonds. The second-order valence-electron chi connectivity index (χ2n) is 2.42. The molecule has 46 valence electrons. The van der Waals surface area contributed by atoms with Crippen LogP contribution in [0.15, 0.2) is 0 Å². The van der Waals surface area contributed by atoms with E-state index in [4.69, 9.17) is 0 Å². The maximum atomic E-state index is 3.84. The molecule has 0 aromatic heterocycles. The third kappa shape index (κ3) is 1.30. The third-order valence-electron chi connectivity index (χ3n) is 1.60. The smallest absolute Gasteiger partial charge is 0.154 e. The second kappa shape index (κ2) is 2.27. The summed E-state index contributed by atoms with van der Waals surface area (Å²) < 4.78 is 2.11. The minimum atomic E-state index is 1.12. The molecule has 2 heteroatoms. The van der Waals surface area contributed by atoms with E-state index in [0.717, 1.165) is 13.1 Å². The molecular weight excluding hydrogens is 103 g/mol. The zero-order chi connectivity index (χ0) is 5.98. The van der Waals surface area contributed by atoms with Crippen molar-refractivity contribution in [1.29, 1.82) is 0 Å². The van der Waals surface area contributed by atoms with Gasteiger partial charge in [0.2, 0.25) is 0 Å². The molecule has 0 radical (unpaired) electrons. The molecule has 1 aliphatic heterocycles. The van der Waals surface area contributed by atoms with Crippen LogP contribution in [-0.4, -0.2) is 49.4 Å². The molecule has 1 saturated heterocycles. The highest BCUT2D eigenvalue weighted by Gasteiger charge is 2.11. The minimum absolute atomic E-state index is 1.12. The third-order valence-corrected chi connectivity index (χ3v) is 1.60. The Balaban J connectivity index is 2.29. The van der Waals surface area contributed by atoms with Gasteiger partial charge in [-0.2, -0.15) is 0 Å². The Morgan fingerprint density at radius 2 is 1.88 bits per heavy atom. The van der Waals surface area contributed by atoms with Crippen molar-refractivity contribution in [3.05, 3.63) is 0 Å². The van der Waals surface area contributed by atoms with E-state index in [1.807, 2.05) is 0 Å². The van der Waals surface area contributed by atoms with Crippen molar-refractivity contribution >= 4 is 6.72 Å². The molecule has 2 nitrogen and oxygen atoms in total. The molecule has 0 aliphatic carbocycles. The van der Waals surface area contributed by atoms with Crippen molar-refractivity contribution < 1.29 is 4.58 Å². The fraction of sp³-hybridized carbons (Fsp3) is 0.833. The molecule has 0 atom stereocenters. The number of likely N-dealkylation sites (N-methyl/N-ethyl adjacent to an activating group) is 1. The van der Waals surface area contributed by atoms with Crippen LogP contribution in [0.3, 0.4) is 0 Å². The molecule has 0 N–H and O–H groups in total.